The topological polar surface area (TPSA) is 63.2 Å². The van der Waals surface area contributed by atoms with Gasteiger partial charge in [-0.2, -0.15) is 0 Å². The number of aromatic nitrogens is 1. The zero-order valence-corrected chi connectivity index (χ0v) is 16.0. The number of carbonyl (C=O) groups excluding carboxylic acids is 1. The lowest BCUT2D eigenvalue weighted by Crippen LogP contribution is -2.60. The molecule has 27 heavy (non-hydrogen) atoms. The van der Waals surface area contributed by atoms with Gasteiger partial charge in [-0.15, -0.1) is 0 Å². The van der Waals surface area contributed by atoms with E-state index in [-0.39, 0.29) is 17.1 Å². The third-order valence-electron chi connectivity index (χ3n) is 5.16. The van der Waals surface area contributed by atoms with Gasteiger partial charge in [0.25, 0.3) is 0 Å². The van der Waals surface area contributed by atoms with E-state index in [1.165, 1.54) is 13.2 Å². The first-order chi connectivity index (χ1) is 12.9. The van der Waals surface area contributed by atoms with Crippen LogP contribution in [-0.2, 0) is 0 Å². The van der Waals surface area contributed by atoms with Crippen LogP contribution in [0.5, 0.6) is 5.75 Å². The van der Waals surface area contributed by atoms with Crippen molar-refractivity contribution in [2.75, 3.05) is 25.5 Å². The van der Waals surface area contributed by atoms with Crippen LogP contribution in [0.15, 0.2) is 36.4 Å². The Hall–Kier alpha value is -2.47. The van der Waals surface area contributed by atoms with Gasteiger partial charge in [0.05, 0.1) is 18.2 Å². The molecule has 0 amide bonds. The summed E-state index contributed by atoms with van der Waals surface area (Å²) in [4.78, 5) is 17.9. The minimum absolute atomic E-state index is 0.00372. The van der Waals surface area contributed by atoms with Crippen molar-refractivity contribution in [1.82, 2.24) is 10.3 Å². The van der Waals surface area contributed by atoms with Crippen molar-refractivity contribution in [2.45, 2.75) is 32.2 Å². The van der Waals surface area contributed by atoms with Gasteiger partial charge in [-0.3, -0.25) is 4.79 Å². The van der Waals surface area contributed by atoms with E-state index in [9.17, 15) is 9.18 Å². The van der Waals surface area contributed by atoms with Gasteiger partial charge < -0.3 is 15.4 Å². The van der Waals surface area contributed by atoms with E-state index in [0.717, 1.165) is 18.7 Å². The Balaban J connectivity index is 1.91. The minimum Gasteiger partial charge on any atom is -0.493 e. The molecule has 1 fully saturated rings. The van der Waals surface area contributed by atoms with Crippen LogP contribution in [0.25, 0.3) is 0 Å². The highest BCUT2D eigenvalue weighted by molar-refractivity contribution is 6.06. The second-order valence-electron chi connectivity index (χ2n) is 7.27. The highest BCUT2D eigenvalue weighted by Gasteiger charge is 2.42. The number of halogens is 1. The van der Waals surface area contributed by atoms with E-state index in [1.807, 2.05) is 25.1 Å². The lowest BCUT2D eigenvalue weighted by molar-refractivity contribution is 0.0802. The molecule has 1 aromatic heterocycles. The Morgan fingerprint density at radius 3 is 2.81 bits per heavy atom. The summed E-state index contributed by atoms with van der Waals surface area (Å²) in [5.41, 5.74) is 0.329. The molecule has 0 unspecified atom stereocenters. The molecule has 2 aromatic rings. The zero-order chi connectivity index (χ0) is 19.4. The number of pyridine rings is 1. The third-order valence-corrected chi connectivity index (χ3v) is 5.16. The summed E-state index contributed by atoms with van der Waals surface area (Å²) in [6.07, 6.45) is 1.57. The van der Waals surface area contributed by atoms with Gasteiger partial charge in [0.15, 0.2) is 17.3 Å². The van der Waals surface area contributed by atoms with E-state index in [4.69, 9.17) is 4.74 Å². The Bertz CT molecular complexity index is 817. The molecular formula is C21H26FN3O2. The van der Waals surface area contributed by atoms with Gasteiger partial charge in [-0.25, -0.2) is 9.37 Å². The molecule has 2 heterocycles. The predicted molar refractivity (Wildman–Crippen MR) is 104 cm³/mol. The van der Waals surface area contributed by atoms with E-state index in [0.29, 0.717) is 24.7 Å². The van der Waals surface area contributed by atoms with Crippen LogP contribution in [0.4, 0.5) is 10.2 Å². The van der Waals surface area contributed by atoms with Crippen molar-refractivity contribution in [3.8, 4) is 5.75 Å². The molecule has 2 atom stereocenters. The van der Waals surface area contributed by atoms with E-state index >= 15 is 0 Å². The maximum absolute atomic E-state index is 14.1. The zero-order valence-electron chi connectivity index (χ0n) is 16.0. The Morgan fingerprint density at radius 1 is 1.37 bits per heavy atom. The fourth-order valence-electron chi connectivity index (χ4n) is 3.51. The average Bonchev–Trinajstić information content (AvgIpc) is 2.67. The van der Waals surface area contributed by atoms with Crippen molar-refractivity contribution < 1.29 is 13.9 Å². The molecule has 0 spiro atoms. The summed E-state index contributed by atoms with van der Waals surface area (Å²) >= 11 is 0. The predicted octanol–water partition coefficient (Wildman–Crippen LogP) is 3.59. The molecule has 1 aromatic carbocycles. The number of hydrogen-bond acceptors (Lipinski definition) is 5. The SMILES string of the molecule is COc1c(F)cccc1C(=O)[C@@]1(CNc2cccc(C)n2)CC[C@H](C)CN1. The molecule has 1 aliphatic heterocycles. The maximum atomic E-state index is 14.1. The smallest absolute Gasteiger partial charge is 0.188 e. The number of anilines is 1. The number of ketones is 1. The highest BCUT2D eigenvalue weighted by atomic mass is 19.1. The fraction of sp³-hybridized carbons (Fsp3) is 0.429. The lowest BCUT2D eigenvalue weighted by Gasteiger charge is -2.39. The van der Waals surface area contributed by atoms with Crippen molar-refractivity contribution in [1.29, 1.82) is 0 Å². The van der Waals surface area contributed by atoms with Crippen LogP contribution in [0.1, 0.15) is 35.8 Å². The number of Topliss-reactive ketones (excluding diaryl/α,β-unsaturated/α-hetero) is 1. The fourth-order valence-corrected chi connectivity index (χ4v) is 3.51. The van der Waals surface area contributed by atoms with E-state index in [1.54, 1.807) is 12.1 Å². The summed E-state index contributed by atoms with van der Waals surface area (Å²) < 4.78 is 19.3. The summed E-state index contributed by atoms with van der Waals surface area (Å²) in [5.74, 6) is 0.504. The number of nitrogens with zero attached hydrogens (tertiary/aromatic N) is 1. The monoisotopic (exact) mass is 371 g/mol. The van der Waals surface area contributed by atoms with Crippen LogP contribution in [-0.4, -0.2) is 36.5 Å². The van der Waals surface area contributed by atoms with Gasteiger partial charge in [-0.1, -0.05) is 19.1 Å². The first-order valence-electron chi connectivity index (χ1n) is 9.25. The number of piperidine rings is 1. The van der Waals surface area contributed by atoms with Crippen LogP contribution in [0, 0.1) is 18.7 Å². The van der Waals surface area contributed by atoms with Crippen molar-refractivity contribution >= 4 is 11.6 Å². The Kier molecular flexibility index (Phi) is 5.75. The lowest BCUT2D eigenvalue weighted by atomic mass is 9.79. The number of carbonyl (C=O) groups is 1. The number of hydrogen-bond donors (Lipinski definition) is 2. The molecule has 1 saturated heterocycles. The van der Waals surface area contributed by atoms with Gasteiger partial charge in [0.1, 0.15) is 5.82 Å². The summed E-state index contributed by atoms with van der Waals surface area (Å²) in [5, 5.41) is 6.70. The normalized spacial score (nSPS) is 22.3. The van der Waals surface area contributed by atoms with Gasteiger partial charge >= 0.3 is 0 Å². The number of para-hydroxylation sites is 1. The van der Waals surface area contributed by atoms with Gasteiger partial charge in [0.2, 0.25) is 0 Å². The molecular weight excluding hydrogens is 345 g/mol. The van der Waals surface area contributed by atoms with E-state index < -0.39 is 11.4 Å². The van der Waals surface area contributed by atoms with Gasteiger partial charge in [0, 0.05) is 12.2 Å². The van der Waals surface area contributed by atoms with Crippen molar-refractivity contribution in [3.05, 3.63) is 53.5 Å². The second kappa shape index (κ2) is 8.05. The summed E-state index contributed by atoms with van der Waals surface area (Å²) in [7, 11) is 1.38. The summed E-state index contributed by atoms with van der Waals surface area (Å²) in [6, 6.07) is 10.2. The number of aryl methyl sites for hydroxylation is 1. The number of nitrogens with one attached hydrogen (secondary N) is 2. The number of rotatable bonds is 6. The number of ether oxygens (including phenoxy) is 1. The van der Waals surface area contributed by atoms with Crippen LogP contribution in [0.2, 0.25) is 0 Å². The Labute approximate surface area is 159 Å². The van der Waals surface area contributed by atoms with Gasteiger partial charge in [-0.05, 0) is 56.5 Å². The molecule has 0 aliphatic carbocycles. The van der Waals surface area contributed by atoms with E-state index in [2.05, 4.69) is 22.5 Å². The first-order valence-corrected chi connectivity index (χ1v) is 9.25. The first kappa shape index (κ1) is 19.3. The van der Waals surface area contributed by atoms with Crippen molar-refractivity contribution in [2.24, 2.45) is 5.92 Å². The van der Waals surface area contributed by atoms with Crippen LogP contribution in [0.3, 0.4) is 0 Å². The molecule has 0 bridgehead atoms. The summed E-state index contributed by atoms with van der Waals surface area (Å²) in [6.45, 7) is 5.17. The van der Waals surface area contributed by atoms with Crippen molar-refractivity contribution in [3.63, 3.8) is 0 Å². The van der Waals surface area contributed by atoms with Crippen LogP contribution < -0.4 is 15.4 Å². The third kappa shape index (κ3) is 4.11. The molecule has 0 saturated carbocycles. The highest BCUT2D eigenvalue weighted by Crippen LogP contribution is 2.31. The van der Waals surface area contributed by atoms with Crippen LogP contribution >= 0.6 is 0 Å². The quantitative estimate of drug-likeness (QED) is 0.760. The largest absolute Gasteiger partial charge is 0.493 e. The Morgan fingerprint density at radius 2 is 2.15 bits per heavy atom. The maximum Gasteiger partial charge on any atom is 0.188 e. The molecule has 5 nitrogen and oxygen atoms in total. The number of methoxy groups -OCH3 is 1. The number of benzene rings is 1. The molecule has 144 valence electrons. The standard InChI is InChI=1S/C21H26FN3O2/c1-14-10-11-21(24-12-14,13-23-18-9-4-6-15(2)25-18)20(26)16-7-5-8-17(22)19(16)27-3/h4-9,14,24H,10-13H2,1-3H3,(H,23,25)/t14-,21-/m0/s1. The second-order valence-corrected chi connectivity index (χ2v) is 7.27. The minimum atomic E-state index is -0.834. The molecule has 3 rings (SSSR count). The average molecular weight is 371 g/mol. The molecule has 6 heteroatoms. The molecule has 0 radical (unpaired) electrons. The molecule has 2 N–H and O–H groups in total. The molecule has 1 aliphatic rings.